The number of benzene rings is 1. The molecule has 1 aromatic carbocycles. The van der Waals surface area contributed by atoms with Gasteiger partial charge in [-0.05, 0) is 38.3 Å². The lowest BCUT2D eigenvalue weighted by atomic mass is 9.78. The number of nitrogens with one attached hydrogen (secondary N) is 1. The maximum absolute atomic E-state index is 13.4. The summed E-state index contributed by atoms with van der Waals surface area (Å²) in [7, 11) is 0. The van der Waals surface area contributed by atoms with Gasteiger partial charge < -0.3 is 4.90 Å². The van der Waals surface area contributed by atoms with E-state index in [-0.39, 0.29) is 16.9 Å². The van der Waals surface area contributed by atoms with Gasteiger partial charge in [0.25, 0.3) is 11.3 Å². The van der Waals surface area contributed by atoms with E-state index in [0.717, 1.165) is 38.9 Å². The number of aryl methyl sites for hydroxylation is 1. The minimum atomic E-state index is -0.312. The monoisotopic (exact) mass is 406 g/mol. The third-order valence-electron chi connectivity index (χ3n) is 6.42. The quantitative estimate of drug-likeness (QED) is 0.713. The van der Waals surface area contributed by atoms with Crippen LogP contribution < -0.4 is 5.56 Å². The summed E-state index contributed by atoms with van der Waals surface area (Å²) in [6.45, 7) is 5.70. The van der Waals surface area contributed by atoms with Crippen molar-refractivity contribution in [3.05, 3.63) is 63.8 Å². The highest BCUT2D eigenvalue weighted by Crippen LogP contribution is 2.40. The fraction of sp³-hybridized carbons (Fsp3) is 0.455. The number of hydrogen-bond acceptors (Lipinski definition) is 5. The SMILES string of the molecule is Cc1cccc(CN2CCCC3(CCN(Cc4cc(=O)n5[nH]cnc5n4)C3)C2=O)c1. The standard InChI is InChI=1S/C22H26N6O2/c1-16-4-2-5-17(10-16)12-27-8-3-6-22(20(27)30)7-9-26(14-22)13-18-11-19(29)28-21(25-18)23-15-24-28/h2,4-5,10-11,15H,3,6-9,12-14H2,1H3,(H,23,24,25). The molecule has 2 fully saturated rings. The van der Waals surface area contributed by atoms with Crippen molar-refractivity contribution in [2.45, 2.75) is 39.3 Å². The minimum Gasteiger partial charge on any atom is -0.338 e. The van der Waals surface area contributed by atoms with Crippen LogP contribution in [0.4, 0.5) is 0 Å². The van der Waals surface area contributed by atoms with E-state index in [2.05, 4.69) is 51.2 Å². The number of nitrogens with zero attached hydrogens (tertiary/aromatic N) is 5. The number of amides is 1. The molecule has 1 N–H and O–H groups in total. The van der Waals surface area contributed by atoms with E-state index in [0.29, 0.717) is 24.6 Å². The molecule has 30 heavy (non-hydrogen) atoms. The van der Waals surface area contributed by atoms with Crippen LogP contribution in [0.1, 0.15) is 36.1 Å². The molecule has 5 rings (SSSR count). The lowest BCUT2D eigenvalue weighted by Crippen LogP contribution is -2.49. The molecule has 1 atom stereocenters. The molecular formula is C22H26N6O2. The van der Waals surface area contributed by atoms with Crippen molar-refractivity contribution < 1.29 is 4.79 Å². The molecule has 3 aromatic rings. The Hall–Kier alpha value is -3.00. The van der Waals surface area contributed by atoms with E-state index >= 15 is 0 Å². The Balaban J connectivity index is 1.30. The summed E-state index contributed by atoms with van der Waals surface area (Å²) in [6, 6.07) is 9.93. The third-order valence-corrected chi connectivity index (χ3v) is 6.42. The number of likely N-dealkylation sites (tertiary alicyclic amines) is 2. The molecular weight excluding hydrogens is 380 g/mol. The van der Waals surface area contributed by atoms with Crippen LogP contribution in [0.5, 0.6) is 0 Å². The van der Waals surface area contributed by atoms with Crippen LogP contribution in [0.3, 0.4) is 0 Å². The number of hydrogen-bond donors (Lipinski definition) is 1. The summed E-state index contributed by atoms with van der Waals surface area (Å²) >= 11 is 0. The molecule has 4 heterocycles. The second kappa shape index (κ2) is 7.36. The summed E-state index contributed by atoms with van der Waals surface area (Å²) in [4.78, 5) is 38.5. The summed E-state index contributed by atoms with van der Waals surface area (Å²) in [5, 5.41) is 2.76. The average molecular weight is 406 g/mol. The van der Waals surface area contributed by atoms with E-state index in [4.69, 9.17) is 0 Å². The van der Waals surface area contributed by atoms with Crippen molar-refractivity contribution in [2.24, 2.45) is 5.41 Å². The van der Waals surface area contributed by atoms with Crippen LogP contribution in [-0.4, -0.2) is 54.9 Å². The fourth-order valence-electron chi connectivity index (χ4n) is 4.98. The van der Waals surface area contributed by atoms with Gasteiger partial charge in [0.05, 0.1) is 11.1 Å². The number of rotatable bonds is 4. The van der Waals surface area contributed by atoms with Crippen LogP contribution in [0, 0.1) is 12.3 Å². The van der Waals surface area contributed by atoms with E-state index in [1.165, 1.54) is 22.0 Å². The molecule has 1 spiro atoms. The molecule has 2 saturated heterocycles. The lowest BCUT2D eigenvalue weighted by molar-refractivity contribution is -0.146. The average Bonchev–Trinajstić information content (AvgIpc) is 3.34. The van der Waals surface area contributed by atoms with Crippen molar-refractivity contribution in [1.82, 2.24) is 29.4 Å². The Kier molecular flexibility index (Phi) is 4.66. The van der Waals surface area contributed by atoms with E-state index in [1.54, 1.807) is 6.07 Å². The van der Waals surface area contributed by atoms with Crippen LogP contribution in [0.15, 0.2) is 41.5 Å². The number of fused-ring (bicyclic) bond motifs is 1. The first-order valence-corrected chi connectivity index (χ1v) is 10.5. The topological polar surface area (TPSA) is 86.6 Å². The van der Waals surface area contributed by atoms with Crippen LogP contribution in [-0.2, 0) is 17.9 Å². The van der Waals surface area contributed by atoms with E-state index < -0.39 is 0 Å². The summed E-state index contributed by atoms with van der Waals surface area (Å²) in [5.41, 5.74) is 2.62. The summed E-state index contributed by atoms with van der Waals surface area (Å²) in [6.07, 6.45) is 4.28. The zero-order valence-corrected chi connectivity index (χ0v) is 17.2. The van der Waals surface area contributed by atoms with Crippen molar-refractivity contribution in [1.29, 1.82) is 0 Å². The van der Waals surface area contributed by atoms with Gasteiger partial charge >= 0.3 is 0 Å². The lowest BCUT2D eigenvalue weighted by Gasteiger charge is -2.39. The minimum absolute atomic E-state index is 0.167. The molecule has 8 nitrogen and oxygen atoms in total. The summed E-state index contributed by atoms with van der Waals surface area (Å²) < 4.78 is 1.32. The molecule has 0 radical (unpaired) electrons. The largest absolute Gasteiger partial charge is 0.338 e. The van der Waals surface area contributed by atoms with E-state index in [9.17, 15) is 9.59 Å². The van der Waals surface area contributed by atoms with Gasteiger partial charge in [0, 0.05) is 32.2 Å². The van der Waals surface area contributed by atoms with Gasteiger partial charge in [-0.2, -0.15) is 4.52 Å². The van der Waals surface area contributed by atoms with Gasteiger partial charge in [0.1, 0.15) is 6.33 Å². The highest BCUT2D eigenvalue weighted by Gasteiger charge is 2.48. The first-order chi connectivity index (χ1) is 14.5. The van der Waals surface area contributed by atoms with Crippen LogP contribution in [0.25, 0.3) is 5.78 Å². The highest BCUT2D eigenvalue weighted by molar-refractivity contribution is 5.84. The predicted molar refractivity (Wildman–Crippen MR) is 112 cm³/mol. The summed E-state index contributed by atoms with van der Waals surface area (Å²) in [5.74, 6) is 0.651. The Morgan fingerprint density at radius 2 is 2.03 bits per heavy atom. The highest BCUT2D eigenvalue weighted by atomic mass is 16.2. The molecule has 2 aliphatic heterocycles. The van der Waals surface area contributed by atoms with Crippen molar-refractivity contribution >= 4 is 11.7 Å². The number of piperidine rings is 1. The van der Waals surface area contributed by atoms with Crippen molar-refractivity contribution in [3.63, 3.8) is 0 Å². The van der Waals surface area contributed by atoms with Crippen LogP contribution >= 0.6 is 0 Å². The normalized spacial score (nSPS) is 22.4. The van der Waals surface area contributed by atoms with Gasteiger partial charge in [0.2, 0.25) is 5.91 Å². The smallest absolute Gasteiger partial charge is 0.274 e. The molecule has 1 amide bonds. The second-order valence-electron chi connectivity index (χ2n) is 8.67. The Morgan fingerprint density at radius 1 is 1.13 bits per heavy atom. The zero-order valence-electron chi connectivity index (χ0n) is 17.2. The number of aromatic nitrogens is 4. The van der Waals surface area contributed by atoms with Gasteiger partial charge in [-0.25, -0.2) is 9.97 Å². The first-order valence-electron chi connectivity index (χ1n) is 10.5. The van der Waals surface area contributed by atoms with Crippen LogP contribution in [0.2, 0.25) is 0 Å². The van der Waals surface area contributed by atoms with Gasteiger partial charge in [-0.15, -0.1) is 0 Å². The maximum atomic E-state index is 13.4. The van der Waals surface area contributed by atoms with Crippen molar-refractivity contribution in [3.8, 4) is 0 Å². The third kappa shape index (κ3) is 3.41. The molecule has 0 saturated carbocycles. The molecule has 156 valence electrons. The number of carbonyl (C=O) groups is 1. The Labute approximate surface area is 174 Å². The van der Waals surface area contributed by atoms with Crippen molar-refractivity contribution in [2.75, 3.05) is 19.6 Å². The number of aromatic amines is 1. The Morgan fingerprint density at radius 3 is 2.90 bits per heavy atom. The molecule has 0 bridgehead atoms. The second-order valence-corrected chi connectivity index (χ2v) is 8.67. The molecule has 2 aliphatic rings. The first kappa shape index (κ1) is 19.0. The van der Waals surface area contributed by atoms with Gasteiger partial charge in [-0.1, -0.05) is 29.8 Å². The molecule has 1 unspecified atom stereocenters. The number of carbonyl (C=O) groups excluding carboxylic acids is 1. The van der Waals surface area contributed by atoms with Gasteiger partial charge in [0.15, 0.2) is 0 Å². The fourth-order valence-corrected chi connectivity index (χ4v) is 4.98. The number of H-pyrrole nitrogens is 1. The maximum Gasteiger partial charge on any atom is 0.274 e. The molecule has 2 aromatic heterocycles. The zero-order chi connectivity index (χ0) is 20.7. The predicted octanol–water partition coefficient (Wildman–Crippen LogP) is 1.74. The van der Waals surface area contributed by atoms with E-state index in [1.807, 2.05) is 4.90 Å². The molecule has 8 heteroatoms. The molecule has 0 aliphatic carbocycles. The van der Waals surface area contributed by atoms with Gasteiger partial charge in [-0.3, -0.25) is 19.6 Å². The Bertz CT molecular complexity index is 1150.